The molecule has 0 aliphatic rings. The van der Waals surface area contributed by atoms with Gasteiger partial charge in [-0.1, -0.05) is 18.5 Å². The van der Waals surface area contributed by atoms with Crippen LogP contribution in [0.15, 0.2) is 24.3 Å². The fourth-order valence-corrected chi connectivity index (χ4v) is 1.70. The fourth-order valence-electron chi connectivity index (χ4n) is 1.57. The van der Waals surface area contributed by atoms with Gasteiger partial charge in [0, 0.05) is 16.5 Å². The van der Waals surface area contributed by atoms with Gasteiger partial charge in [0.2, 0.25) is 0 Å². The van der Waals surface area contributed by atoms with Crippen LogP contribution in [0.2, 0.25) is 5.02 Å². The van der Waals surface area contributed by atoms with Gasteiger partial charge in [0.05, 0.1) is 0 Å². The van der Waals surface area contributed by atoms with Gasteiger partial charge in [-0.25, -0.2) is 0 Å². The fraction of sp³-hybridized carbons (Fsp3) is 0.417. The van der Waals surface area contributed by atoms with Gasteiger partial charge in [0.15, 0.2) is 5.78 Å². The largest absolute Gasteiger partial charge is 0.330 e. The van der Waals surface area contributed by atoms with Crippen LogP contribution in [0.4, 0.5) is 0 Å². The maximum atomic E-state index is 12.0. The van der Waals surface area contributed by atoms with E-state index in [2.05, 4.69) is 0 Å². The summed E-state index contributed by atoms with van der Waals surface area (Å²) in [6.07, 6.45) is 1.58. The van der Waals surface area contributed by atoms with Crippen molar-refractivity contribution in [3.63, 3.8) is 0 Å². The highest BCUT2D eigenvalue weighted by atomic mass is 35.5. The van der Waals surface area contributed by atoms with E-state index in [0.29, 0.717) is 11.6 Å². The predicted octanol–water partition coefficient (Wildman–Crippen LogP) is 2.90. The molecule has 0 saturated heterocycles. The van der Waals surface area contributed by atoms with Gasteiger partial charge in [0.25, 0.3) is 0 Å². The van der Waals surface area contributed by atoms with Crippen LogP contribution in [0.3, 0.4) is 0 Å². The van der Waals surface area contributed by atoms with Crippen LogP contribution < -0.4 is 5.73 Å². The molecule has 3 heteroatoms. The van der Waals surface area contributed by atoms with Crippen LogP contribution in [0, 0.1) is 5.92 Å². The summed E-state index contributed by atoms with van der Waals surface area (Å²) in [4.78, 5) is 12.0. The lowest BCUT2D eigenvalue weighted by molar-refractivity contribution is 0.0911. The Morgan fingerprint density at radius 3 is 2.47 bits per heavy atom. The number of halogens is 1. The molecule has 0 spiro atoms. The number of rotatable bonds is 5. The first-order chi connectivity index (χ1) is 7.19. The second-order valence-corrected chi connectivity index (χ2v) is 3.99. The molecule has 1 atom stereocenters. The predicted molar refractivity (Wildman–Crippen MR) is 63.2 cm³/mol. The Hall–Kier alpha value is -0.860. The minimum absolute atomic E-state index is 0.0381. The van der Waals surface area contributed by atoms with Crippen molar-refractivity contribution < 1.29 is 4.79 Å². The van der Waals surface area contributed by atoms with Crippen LogP contribution in [-0.4, -0.2) is 12.3 Å². The topological polar surface area (TPSA) is 43.1 Å². The smallest absolute Gasteiger partial charge is 0.165 e. The molecule has 1 unspecified atom stereocenters. The van der Waals surface area contributed by atoms with Crippen LogP contribution >= 0.6 is 11.6 Å². The molecule has 1 rings (SSSR count). The van der Waals surface area contributed by atoms with Crippen molar-refractivity contribution in [3.05, 3.63) is 34.9 Å². The van der Waals surface area contributed by atoms with Crippen molar-refractivity contribution >= 4 is 17.4 Å². The van der Waals surface area contributed by atoms with Crippen molar-refractivity contribution in [3.8, 4) is 0 Å². The zero-order chi connectivity index (χ0) is 11.3. The van der Waals surface area contributed by atoms with Gasteiger partial charge in [-0.05, 0) is 43.7 Å². The molecule has 0 saturated carbocycles. The Morgan fingerprint density at radius 2 is 2.00 bits per heavy atom. The number of carbonyl (C=O) groups excluding carboxylic acids is 1. The Morgan fingerprint density at radius 1 is 1.40 bits per heavy atom. The summed E-state index contributed by atoms with van der Waals surface area (Å²) < 4.78 is 0. The second-order valence-electron chi connectivity index (χ2n) is 3.55. The molecule has 1 aromatic rings. The molecule has 0 bridgehead atoms. The maximum absolute atomic E-state index is 12.0. The van der Waals surface area contributed by atoms with Gasteiger partial charge in [-0.2, -0.15) is 0 Å². The molecule has 0 heterocycles. The summed E-state index contributed by atoms with van der Waals surface area (Å²) in [7, 11) is 0. The van der Waals surface area contributed by atoms with E-state index in [1.54, 1.807) is 24.3 Å². The summed E-state index contributed by atoms with van der Waals surface area (Å²) in [5, 5.41) is 0.651. The van der Waals surface area contributed by atoms with Crippen molar-refractivity contribution in [2.24, 2.45) is 11.7 Å². The molecule has 0 aromatic heterocycles. The van der Waals surface area contributed by atoms with Crippen molar-refractivity contribution in [1.29, 1.82) is 0 Å². The van der Waals surface area contributed by atoms with E-state index in [-0.39, 0.29) is 11.7 Å². The van der Waals surface area contributed by atoms with E-state index >= 15 is 0 Å². The summed E-state index contributed by atoms with van der Waals surface area (Å²) in [6.45, 7) is 2.56. The highest BCUT2D eigenvalue weighted by Crippen LogP contribution is 2.17. The van der Waals surface area contributed by atoms with E-state index in [1.165, 1.54) is 0 Å². The van der Waals surface area contributed by atoms with E-state index < -0.39 is 0 Å². The molecule has 2 N–H and O–H groups in total. The lowest BCUT2D eigenvalue weighted by Crippen LogP contribution is -2.17. The molecule has 15 heavy (non-hydrogen) atoms. The van der Waals surface area contributed by atoms with Gasteiger partial charge < -0.3 is 5.73 Å². The molecule has 0 amide bonds. The van der Waals surface area contributed by atoms with E-state index in [0.717, 1.165) is 18.4 Å². The summed E-state index contributed by atoms with van der Waals surface area (Å²) in [5.74, 6) is 0.204. The Balaban J connectivity index is 2.78. The van der Waals surface area contributed by atoms with E-state index in [9.17, 15) is 4.79 Å². The lowest BCUT2D eigenvalue weighted by atomic mass is 9.92. The number of nitrogens with two attached hydrogens (primary N) is 1. The molecule has 0 radical (unpaired) electrons. The third-order valence-electron chi connectivity index (χ3n) is 2.51. The second kappa shape index (κ2) is 5.89. The standard InChI is InChI=1S/C12H16ClNO/c1-2-9(7-8-14)12(15)10-3-5-11(13)6-4-10/h3-6,9H,2,7-8,14H2,1H3. The first-order valence-corrected chi connectivity index (χ1v) is 5.56. The molecule has 0 aliphatic heterocycles. The molecule has 2 nitrogen and oxygen atoms in total. The molecule has 1 aromatic carbocycles. The van der Waals surface area contributed by atoms with Crippen LogP contribution in [0.5, 0.6) is 0 Å². The first-order valence-electron chi connectivity index (χ1n) is 5.19. The van der Waals surface area contributed by atoms with Crippen LogP contribution in [-0.2, 0) is 0 Å². The van der Waals surface area contributed by atoms with E-state index in [1.807, 2.05) is 6.92 Å². The van der Waals surface area contributed by atoms with E-state index in [4.69, 9.17) is 17.3 Å². The van der Waals surface area contributed by atoms with Crippen LogP contribution in [0.25, 0.3) is 0 Å². The molecule has 82 valence electrons. The Labute approximate surface area is 95.4 Å². The zero-order valence-corrected chi connectivity index (χ0v) is 9.63. The molecule has 0 fully saturated rings. The average Bonchev–Trinajstić information content (AvgIpc) is 2.26. The third kappa shape index (κ3) is 3.33. The molecular weight excluding hydrogens is 210 g/mol. The highest BCUT2D eigenvalue weighted by molar-refractivity contribution is 6.30. The average molecular weight is 226 g/mol. The highest BCUT2D eigenvalue weighted by Gasteiger charge is 2.16. The van der Waals surface area contributed by atoms with Crippen molar-refractivity contribution in [2.45, 2.75) is 19.8 Å². The Kier molecular flexibility index (Phi) is 4.79. The van der Waals surface area contributed by atoms with Gasteiger partial charge in [0.1, 0.15) is 0 Å². The van der Waals surface area contributed by atoms with Crippen molar-refractivity contribution in [2.75, 3.05) is 6.54 Å². The number of benzene rings is 1. The quantitative estimate of drug-likeness (QED) is 0.783. The number of hydrogen-bond donors (Lipinski definition) is 1. The van der Waals surface area contributed by atoms with Crippen molar-refractivity contribution in [1.82, 2.24) is 0 Å². The number of ketones is 1. The minimum atomic E-state index is 0.0381. The van der Waals surface area contributed by atoms with Gasteiger partial charge >= 0.3 is 0 Å². The lowest BCUT2D eigenvalue weighted by Gasteiger charge is -2.12. The summed E-state index contributed by atoms with van der Waals surface area (Å²) in [6, 6.07) is 7.02. The maximum Gasteiger partial charge on any atom is 0.165 e. The van der Waals surface area contributed by atoms with Gasteiger partial charge in [-0.15, -0.1) is 0 Å². The number of carbonyl (C=O) groups is 1. The molecular formula is C12H16ClNO. The van der Waals surface area contributed by atoms with Gasteiger partial charge in [-0.3, -0.25) is 4.79 Å². The number of Topliss-reactive ketones (excluding diaryl/α,β-unsaturated/α-hetero) is 1. The Bertz CT molecular complexity index is 321. The summed E-state index contributed by atoms with van der Waals surface area (Å²) >= 11 is 5.76. The van der Waals surface area contributed by atoms with Crippen LogP contribution in [0.1, 0.15) is 30.1 Å². The SMILES string of the molecule is CCC(CCN)C(=O)c1ccc(Cl)cc1. The zero-order valence-electron chi connectivity index (χ0n) is 8.87. The summed E-state index contributed by atoms with van der Waals surface area (Å²) in [5.41, 5.74) is 6.19. The number of hydrogen-bond acceptors (Lipinski definition) is 2. The minimum Gasteiger partial charge on any atom is -0.330 e. The third-order valence-corrected chi connectivity index (χ3v) is 2.76. The first kappa shape index (κ1) is 12.2. The monoisotopic (exact) mass is 225 g/mol. The normalized spacial score (nSPS) is 12.5. The molecule has 0 aliphatic carbocycles.